The molecule has 5 heteroatoms. The molecule has 3 aromatic rings. The third kappa shape index (κ3) is 2.38. The number of carbonyl (C=O) groups excluding carboxylic acids is 1. The highest BCUT2D eigenvalue weighted by atomic mass is 35.5. The second-order valence-corrected chi connectivity index (χ2v) is 4.76. The Morgan fingerprint density at radius 2 is 2.05 bits per heavy atom. The molecule has 100 valence electrons. The number of oxazole rings is 1. The van der Waals surface area contributed by atoms with Crippen LogP contribution in [-0.2, 0) is 0 Å². The van der Waals surface area contributed by atoms with Crippen LogP contribution in [0.4, 0.5) is 5.69 Å². The number of nitrogens with zero attached hydrogens (tertiary/aromatic N) is 1. The van der Waals surface area contributed by atoms with Crippen molar-refractivity contribution in [2.75, 3.05) is 5.32 Å². The van der Waals surface area contributed by atoms with Crippen LogP contribution in [0.5, 0.6) is 0 Å². The van der Waals surface area contributed by atoms with Crippen molar-refractivity contribution < 1.29 is 9.21 Å². The number of halogens is 1. The number of hydrogen-bond donors (Lipinski definition) is 1. The molecule has 0 saturated carbocycles. The minimum Gasteiger partial charge on any atom is -0.441 e. The molecule has 0 radical (unpaired) electrons. The smallest absolute Gasteiger partial charge is 0.257 e. The van der Waals surface area contributed by atoms with Crippen molar-refractivity contribution in [2.45, 2.75) is 6.92 Å². The van der Waals surface area contributed by atoms with E-state index in [1.165, 1.54) is 0 Å². The van der Waals surface area contributed by atoms with Gasteiger partial charge in [0.05, 0.1) is 10.6 Å². The molecule has 0 aliphatic heterocycles. The summed E-state index contributed by atoms with van der Waals surface area (Å²) in [4.78, 5) is 16.3. The Bertz CT molecular complexity index is 795. The number of carbonyl (C=O) groups is 1. The lowest BCUT2D eigenvalue weighted by Gasteiger charge is -2.06. The Morgan fingerprint density at radius 3 is 2.85 bits per heavy atom. The van der Waals surface area contributed by atoms with Crippen LogP contribution >= 0.6 is 11.6 Å². The van der Waals surface area contributed by atoms with Gasteiger partial charge in [-0.25, -0.2) is 4.98 Å². The molecule has 0 atom stereocenters. The predicted octanol–water partition coefficient (Wildman–Crippen LogP) is 4.04. The summed E-state index contributed by atoms with van der Waals surface area (Å²) in [5.74, 6) is 0.334. The Hall–Kier alpha value is -2.33. The number of amides is 1. The van der Waals surface area contributed by atoms with Crippen LogP contribution in [0.1, 0.15) is 16.2 Å². The molecule has 0 spiro atoms. The maximum Gasteiger partial charge on any atom is 0.257 e. The average molecular weight is 287 g/mol. The van der Waals surface area contributed by atoms with E-state index in [2.05, 4.69) is 10.3 Å². The van der Waals surface area contributed by atoms with Crippen LogP contribution in [0.25, 0.3) is 11.1 Å². The second-order valence-electron chi connectivity index (χ2n) is 4.35. The maximum atomic E-state index is 12.1. The standard InChI is InChI=1S/C15H11ClN2O2/c1-9-17-13-7-6-10(8-14(13)20-9)18-15(19)11-4-2-3-5-12(11)16/h2-8H,1H3,(H,18,19). The van der Waals surface area contributed by atoms with Gasteiger partial charge in [0.2, 0.25) is 0 Å². The highest BCUT2D eigenvalue weighted by Crippen LogP contribution is 2.21. The SMILES string of the molecule is Cc1nc2ccc(NC(=O)c3ccccc3Cl)cc2o1. The van der Waals surface area contributed by atoms with E-state index in [-0.39, 0.29) is 5.91 Å². The van der Waals surface area contributed by atoms with Crippen LogP contribution in [0.15, 0.2) is 46.9 Å². The summed E-state index contributed by atoms with van der Waals surface area (Å²) in [7, 11) is 0. The number of benzene rings is 2. The first-order valence-corrected chi connectivity index (χ1v) is 6.44. The first-order chi connectivity index (χ1) is 9.63. The molecule has 4 nitrogen and oxygen atoms in total. The minimum absolute atomic E-state index is 0.258. The zero-order chi connectivity index (χ0) is 14.1. The van der Waals surface area contributed by atoms with Gasteiger partial charge in [-0.15, -0.1) is 0 Å². The van der Waals surface area contributed by atoms with Gasteiger partial charge < -0.3 is 9.73 Å². The van der Waals surface area contributed by atoms with E-state index < -0.39 is 0 Å². The van der Waals surface area contributed by atoms with Gasteiger partial charge in [-0.2, -0.15) is 0 Å². The van der Waals surface area contributed by atoms with Crippen molar-refractivity contribution in [3.63, 3.8) is 0 Å². The molecule has 0 bridgehead atoms. The number of aromatic nitrogens is 1. The highest BCUT2D eigenvalue weighted by Gasteiger charge is 2.11. The fraction of sp³-hybridized carbons (Fsp3) is 0.0667. The van der Waals surface area contributed by atoms with E-state index in [1.807, 2.05) is 0 Å². The van der Waals surface area contributed by atoms with Crippen molar-refractivity contribution in [3.05, 3.63) is 58.9 Å². The Kier molecular flexibility index (Phi) is 3.16. The van der Waals surface area contributed by atoms with Gasteiger partial charge in [-0.05, 0) is 24.3 Å². The second kappa shape index (κ2) is 4.98. The fourth-order valence-corrected chi connectivity index (χ4v) is 2.18. The number of anilines is 1. The van der Waals surface area contributed by atoms with Crippen LogP contribution in [0.2, 0.25) is 5.02 Å². The molecule has 2 aromatic carbocycles. The van der Waals surface area contributed by atoms with E-state index in [9.17, 15) is 4.79 Å². The molecule has 0 saturated heterocycles. The fourth-order valence-electron chi connectivity index (χ4n) is 1.96. The molecule has 1 N–H and O–H groups in total. The number of hydrogen-bond acceptors (Lipinski definition) is 3. The van der Waals surface area contributed by atoms with Crippen molar-refractivity contribution in [2.24, 2.45) is 0 Å². The summed E-state index contributed by atoms with van der Waals surface area (Å²) < 4.78 is 5.43. The maximum absolute atomic E-state index is 12.1. The van der Waals surface area contributed by atoms with Crippen LogP contribution < -0.4 is 5.32 Å². The number of fused-ring (bicyclic) bond motifs is 1. The average Bonchev–Trinajstić information content (AvgIpc) is 2.78. The van der Waals surface area contributed by atoms with Crippen LogP contribution in [0, 0.1) is 6.92 Å². The summed E-state index contributed by atoms with van der Waals surface area (Å²) in [6, 6.07) is 12.2. The van der Waals surface area contributed by atoms with Gasteiger partial charge in [-0.3, -0.25) is 4.79 Å². The van der Waals surface area contributed by atoms with Crippen LogP contribution in [-0.4, -0.2) is 10.9 Å². The van der Waals surface area contributed by atoms with E-state index in [1.54, 1.807) is 49.4 Å². The molecule has 0 aliphatic rings. The Labute approximate surface area is 120 Å². The number of rotatable bonds is 2. The number of aryl methyl sites for hydroxylation is 1. The molecule has 0 fully saturated rings. The van der Waals surface area contributed by atoms with Crippen LogP contribution in [0.3, 0.4) is 0 Å². The van der Waals surface area contributed by atoms with Crippen molar-refractivity contribution >= 4 is 34.3 Å². The zero-order valence-electron chi connectivity index (χ0n) is 10.7. The lowest BCUT2D eigenvalue weighted by atomic mass is 10.2. The van der Waals surface area contributed by atoms with E-state index in [0.717, 1.165) is 5.52 Å². The quantitative estimate of drug-likeness (QED) is 0.773. The summed E-state index contributed by atoms with van der Waals surface area (Å²) in [5, 5.41) is 3.21. The van der Waals surface area contributed by atoms with Crippen molar-refractivity contribution in [1.82, 2.24) is 4.98 Å². The molecule has 0 aliphatic carbocycles. The summed E-state index contributed by atoms with van der Waals surface area (Å²) >= 11 is 5.99. The molecule has 1 heterocycles. The van der Waals surface area contributed by atoms with E-state index >= 15 is 0 Å². The molecule has 0 unspecified atom stereocenters. The molecular formula is C15H11ClN2O2. The number of nitrogens with one attached hydrogen (secondary N) is 1. The minimum atomic E-state index is -0.258. The monoisotopic (exact) mass is 286 g/mol. The summed E-state index contributed by atoms with van der Waals surface area (Å²) in [5.41, 5.74) is 2.47. The zero-order valence-corrected chi connectivity index (χ0v) is 11.4. The van der Waals surface area contributed by atoms with Gasteiger partial charge in [0.25, 0.3) is 5.91 Å². The summed E-state index contributed by atoms with van der Waals surface area (Å²) in [6.45, 7) is 1.78. The summed E-state index contributed by atoms with van der Waals surface area (Å²) in [6.07, 6.45) is 0. The largest absolute Gasteiger partial charge is 0.441 e. The third-order valence-corrected chi connectivity index (χ3v) is 3.20. The molecule has 1 aromatic heterocycles. The lowest BCUT2D eigenvalue weighted by Crippen LogP contribution is -2.12. The first-order valence-electron chi connectivity index (χ1n) is 6.06. The van der Waals surface area contributed by atoms with Gasteiger partial charge in [0, 0.05) is 18.7 Å². The Balaban J connectivity index is 1.89. The van der Waals surface area contributed by atoms with Gasteiger partial charge in [0.15, 0.2) is 11.5 Å². The normalized spacial score (nSPS) is 10.7. The highest BCUT2D eigenvalue weighted by molar-refractivity contribution is 6.34. The Morgan fingerprint density at radius 1 is 1.25 bits per heavy atom. The van der Waals surface area contributed by atoms with Gasteiger partial charge in [0.1, 0.15) is 5.52 Å². The topological polar surface area (TPSA) is 55.1 Å². The molecule has 1 amide bonds. The first kappa shape index (κ1) is 12.7. The molecular weight excluding hydrogens is 276 g/mol. The van der Waals surface area contributed by atoms with E-state index in [0.29, 0.717) is 27.7 Å². The van der Waals surface area contributed by atoms with Crippen molar-refractivity contribution in [3.8, 4) is 0 Å². The third-order valence-electron chi connectivity index (χ3n) is 2.87. The molecule has 20 heavy (non-hydrogen) atoms. The van der Waals surface area contributed by atoms with Crippen molar-refractivity contribution in [1.29, 1.82) is 0 Å². The van der Waals surface area contributed by atoms with Gasteiger partial charge in [-0.1, -0.05) is 23.7 Å². The van der Waals surface area contributed by atoms with Gasteiger partial charge >= 0.3 is 0 Å². The predicted molar refractivity (Wildman–Crippen MR) is 78.2 cm³/mol. The van der Waals surface area contributed by atoms with E-state index in [4.69, 9.17) is 16.0 Å². The lowest BCUT2D eigenvalue weighted by molar-refractivity contribution is 0.102. The molecule has 3 rings (SSSR count).